The van der Waals surface area contributed by atoms with Crippen LogP contribution in [0.25, 0.3) is 10.2 Å². The highest BCUT2D eigenvalue weighted by molar-refractivity contribution is 7.17. The fraction of sp³-hybridized carbons (Fsp3) is 0.0952. The Morgan fingerprint density at radius 2 is 1.86 bits per heavy atom. The van der Waals surface area contributed by atoms with Crippen molar-refractivity contribution in [3.63, 3.8) is 0 Å². The third kappa shape index (κ3) is 3.56. The van der Waals surface area contributed by atoms with Crippen LogP contribution in [0, 0.1) is 0 Å². The van der Waals surface area contributed by atoms with Crippen LogP contribution >= 0.6 is 22.9 Å². The van der Waals surface area contributed by atoms with E-state index < -0.39 is 5.97 Å². The van der Waals surface area contributed by atoms with Gasteiger partial charge in [0.2, 0.25) is 0 Å². The lowest BCUT2D eigenvalue weighted by molar-refractivity contribution is 0.0699. The van der Waals surface area contributed by atoms with Gasteiger partial charge in [-0.05, 0) is 23.3 Å². The quantitative estimate of drug-likeness (QED) is 0.527. The van der Waals surface area contributed by atoms with Gasteiger partial charge in [0.25, 0.3) is 5.56 Å². The molecule has 0 aliphatic carbocycles. The fourth-order valence-corrected chi connectivity index (χ4v) is 4.25. The smallest absolute Gasteiger partial charge is 0.337 e. The number of hydrogen-bond donors (Lipinski definition) is 1. The third-order valence-corrected chi connectivity index (χ3v) is 5.55. The highest BCUT2D eigenvalue weighted by Gasteiger charge is 2.20. The van der Waals surface area contributed by atoms with Crippen molar-refractivity contribution in [1.82, 2.24) is 9.55 Å². The summed E-state index contributed by atoms with van der Waals surface area (Å²) in [4.78, 5) is 29.9. The van der Waals surface area contributed by atoms with Crippen LogP contribution in [0.15, 0.2) is 64.8 Å². The van der Waals surface area contributed by atoms with Crippen LogP contribution in [-0.2, 0) is 13.0 Å². The Labute approximate surface area is 169 Å². The topological polar surface area (TPSA) is 72.2 Å². The number of aromatic nitrogens is 2. The number of carboxylic acid groups (broad SMARTS) is 1. The van der Waals surface area contributed by atoms with Gasteiger partial charge in [-0.3, -0.25) is 9.36 Å². The molecular formula is C21H15ClN2O3S. The van der Waals surface area contributed by atoms with Crippen LogP contribution in [0.1, 0.15) is 27.3 Å². The molecule has 0 bridgehead atoms. The molecule has 0 unspecified atom stereocenters. The van der Waals surface area contributed by atoms with Gasteiger partial charge in [-0.25, -0.2) is 9.78 Å². The molecule has 7 heteroatoms. The van der Waals surface area contributed by atoms with Crippen molar-refractivity contribution < 1.29 is 9.90 Å². The molecule has 0 amide bonds. The Balaban J connectivity index is 1.90. The fourth-order valence-electron chi connectivity index (χ4n) is 3.12. The molecule has 1 N–H and O–H groups in total. The molecule has 0 aliphatic heterocycles. The number of fused-ring (bicyclic) bond motifs is 1. The van der Waals surface area contributed by atoms with Crippen molar-refractivity contribution in [3.8, 4) is 0 Å². The van der Waals surface area contributed by atoms with E-state index in [1.807, 2.05) is 42.5 Å². The molecule has 2 aromatic carbocycles. The molecule has 0 aliphatic rings. The first-order chi connectivity index (χ1) is 13.5. The predicted molar refractivity (Wildman–Crippen MR) is 111 cm³/mol. The molecular weight excluding hydrogens is 396 g/mol. The summed E-state index contributed by atoms with van der Waals surface area (Å²) in [5.74, 6) is -0.544. The predicted octanol–water partition coefficient (Wildman–Crippen LogP) is 4.45. The zero-order valence-corrected chi connectivity index (χ0v) is 16.2. The van der Waals surface area contributed by atoms with Crippen LogP contribution in [0.4, 0.5) is 0 Å². The first-order valence-electron chi connectivity index (χ1n) is 8.55. The maximum absolute atomic E-state index is 13.2. The van der Waals surface area contributed by atoms with Crippen LogP contribution in [0.5, 0.6) is 0 Å². The molecule has 0 saturated carbocycles. The lowest BCUT2D eigenvalue weighted by Crippen LogP contribution is -2.26. The van der Waals surface area contributed by atoms with Crippen molar-refractivity contribution >= 4 is 39.1 Å². The van der Waals surface area contributed by atoms with Crippen LogP contribution in [0.2, 0.25) is 5.02 Å². The summed E-state index contributed by atoms with van der Waals surface area (Å²) in [5, 5.41) is 11.6. The highest BCUT2D eigenvalue weighted by atomic mass is 35.5. The van der Waals surface area contributed by atoms with Crippen molar-refractivity contribution in [2.24, 2.45) is 0 Å². The second-order valence-corrected chi connectivity index (χ2v) is 7.64. The second kappa shape index (κ2) is 7.58. The number of nitrogens with zero attached hydrogens (tertiary/aromatic N) is 2. The summed E-state index contributed by atoms with van der Waals surface area (Å²) >= 11 is 7.26. The highest BCUT2D eigenvalue weighted by Crippen LogP contribution is 2.23. The Hall–Kier alpha value is -2.96. The van der Waals surface area contributed by atoms with E-state index >= 15 is 0 Å². The van der Waals surface area contributed by atoms with Crippen LogP contribution in [0.3, 0.4) is 0 Å². The molecule has 4 rings (SSSR count). The Morgan fingerprint density at radius 3 is 2.57 bits per heavy atom. The molecule has 2 heterocycles. The minimum absolute atomic E-state index is 0.0106. The van der Waals surface area contributed by atoms with Gasteiger partial charge in [-0.15, -0.1) is 11.3 Å². The molecule has 0 saturated heterocycles. The number of thiophene rings is 1. The number of hydrogen-bond acceptors (Lipinski definition) is 4. The molecule has 5 nitrogen and oxygen atoms in total. The summed E-state index contributed by atoms with van der Waals surface area (Å²) in [6.45, 7) is 0.263. The normalized spacial score (nSPS) is 11.0. The van der Waals surface area contributed by atoms with Gasteiger partial charge in [-0.1, -0.05) is 54.1 Å². The van der Waals surface area contributed by atoms with Gasteiger partial charge in [0.1, 0.15) is 10.7 Å². The third-order valence-electron chi connectivity index (χ3n) is 4.44. The summed E-state index contributed by atoms with van der Waals surface area (Å²) in [6, 6.07) is 17.0. The first-order valence-corrected chi connectivity index (χ1v) is 9.81. The van der Waals surface area contributed by atoms with E-state index in [2.05, 4.69) is 4.98 Å². The van der Waals surface area contributed by atoms with Gasteiger partial charge in [0.05, 0.1) is 17.5 Å². The monoisotopic (exact) mass is 410 g/mol. The van der Waals surface area contributed by atoms with E-state index in [0.717, 1.165) is 11.1 Å². The minimum atomic E-state index is -1.13. The van der Waals surface area contributed by atoms with Gasteiger partial charge in [0.15, 0.2) is 0 Å². The molecule has 4 aromatic rings. The van der Waals surface area contributed by atoms with Crippen LogP contribution in [-0.4, -0.2) is 20.6 Å². The lowest BCUT2D eigenvalue weighted by atomic mass is 10.1. The summed E-state index contributed by atoms with van der Waals surface area (Å²) in [7, 11) is 0. The zero-order chi connectivity index (χ0) is 19.7. The van der Waals surface area contributed by atoms with Gasteiger partial charge in [0, 0.05) is 16.8 Å². The van der Waals surface area contributed by atoms with Gasteiger partial charge >= 0.3 is 5.97 Å². The summed E-state index contributed by atoms with van der Waals surface area (Å²) in [5.41, 5.74) is 1.50. The average molecular weight is 411 g/mol. The first kappa shape index (κ1) is 18.4. The maximum atomic E-state index is 13.2. The number of carboxylic acids is 1. The Bertz CT molecular complexity index is 1230. The number of aromatic carboxylic acids is 1. The minimum Gasteiger partial charge on any atom is -0.478 e. The molecule has 0 radical (unpaired) electrons. The summed E-state index contributed by atoms with van der Waals surface area (Å²) < 4.78 is 1.54. The van der Waals surface area contributed by atoms with Gasteiger partial charge in [-0.2, -0.15) is 0 Å². The van der Waals surface area contributed by atoms with E-state index in [1.165, 1.54) is 16.7 Å². The molecule has 2 aromatic heterocycles. The standard InChI is InChI=1S/C21H15ClN2O3S/c22-15-8-4-7-14(9-15)11-24-17(10-13-5-2-1-3-6-13)23-19-18(20(24)25)16(12-28-19)21(26)27/h1-9,12H,10-11H2,(H,26,27). The SMILES string of the molecule is O=C(O)c1csc2nc(Cc3ccccc3)n(Cc3cccc(Cl)c3)c(=O)c12. The number of halogens is 1. The number of benzene rings is 2. The van der Waals surface area contributed by atoms with Crippen LogP contribution < -0.4 is 5.56 Å². The Morgan fingerprint density at radius 1 is 1.11 bits per heavy atom. The molecule has 0 atom stereocenters. The van der Waals surface area contributed by atoms with E-state index in [4.69, 9.17) is 11.6 Å². The second-order valence-electron chi connectivity index (χ2n) is 6.35. The van der Waals surface area contributed by atoms with Crippen molar-refractivity contribution in [1.29, 1.82) is 0 Å². The molecule has 140 valence electrons. The molecule has 0 spiro atoms. The molecule has 28 heavy (non-hydrogen) atoms. The zero-order valence-electron chi connectivity index (χ0n) is 14.6. The maximum Gasteiger partial charge on any atom is 0.337 e. The number of rotatable bonds is 5. The lowest BCUT2D eigenvalue weighted by Gasteiger charge is -2.13. The number of carbonyl (C=O) groups is 1. The van der Waals surface area contributed by atoms with E-state index in [9.17, 15) is 14.7 Å². The van der Waals surface area contributed by atoms with Crippen molar-refractivity contribution in [3.05, 3.63) is 97.9 Å². The Kier molecular flexibility index (Phi) is 4.98. The average Bonchev–Trinajstić information content (AvgIpc) is 3.10. The van der Waals surface area contributed by atoms with E-state index in [-0.39, 0.29) is 23.1 Å². The summed E-state index contributed by atoms with van der Waals surface area (Å²) in [6.07, 6.45) is 0.465. The largest absolute Gasteiger partial charge is 0.478 e. The van der Waals surface area contributed by atoms with Crippen molar-refractivity contribution in [2.75, 3.05) is 0 Å². The molecule has 0 fully saturated rings. The van der Waals surface area contributed by atoms with E-state index in [0.29, 0.717) is 22.1 Å². The van der Waals surface area contributed by atoms with E-state index in [1.54, 1.807) is 16.7 Å². The van der Waals surface area contributed by atoms with Gasteiger partial charge < -0.3 is 5.11 Å². The van der Waals surface area contributed by atoms with Crippen molar-refractivity contribution in [2.45, 2.75) is 13.0 Å².